The van der Waals surface area contributed by atoms with Crippen LogP contribution in [-0.2, 0) is 0 Å². The molecule has 0 amide bonds. The molecule has 66 valence electrons. The fraction of sp³-hybridized carbons (Fsp3) is 1.00. The highest BCUT2D eigenvalue weighted by Gasteiger charge is 2.28. The fourth-order valence-electron chi connectivity index (χ4n) is 1.66. The van der Waals surface area contributed by atoms with E-state index in [1.165, 1.54) is 25.7 Å². The lowest BCUT2D eigenvalue weighted by Crippen LogP contribution is -2.48. The average Bonchev–Trinajstić information content (AvgIpc) is 2.33. The maximum atomic E-state index is 6.14. The van der Waals surface area contributed by atoms with Crippen LogP contribution in [0.1, 0.15) is 39.5 Å². The molecule has 3 N–H and O–H groups in total. The Kier molecular flexibility index (Phi) is 2.90. The van der Waals surface area contributed by atoms with Gasteiger partial charge >= 0.3 is 0 Å². The van der Waals surface area contributed by atoms with Crippen molar-refractivity contribution in [2.45, 2.75) is 51.1 Å². The summed E-state index contributed by atoms with van der Waals surface area (Å²) in [4.78, 5) is 0. The minimum atomic E-state index is 0.115. The van der Waals surface area contributed by atoms with Gasteiger partial charge in [-0.3, -0.25) is 0 Å². The van der Waals surface area contributed by atoms with Crippen LogP contribution in [0, 0.1) is 0 Å². The third-order valence-corrected chi connectivity index (χ3v) is 2.46. The summed E-state index contributed by atoms with van der Waals surface area (Å²) in [5.41, 5.74) is 6.26. The van der Waals surface area contributed by atoms with Crippen LogP contribution in [0.25, 0.3) is 0 Å². The molecule has 0 aromatic rings. The van der Waals surface area contributed by atoms with E-state index in [1.54, 1.807) is 0 Å². The first-order valence-corrected chi connectivity index (χ1v) is 4.65. The molecule has 2 nitrogen and oxygen atoms in total. The lowest BCUT2D eigenvalue weighted by atomic mass is 9.99. The van der Waals surface area contributed by atoms with Gasteiger partial charge in [-0.15, -0.1) is 0 Å². The van der Waals surface area contributed by atoms with Gasteiger partial charge < -0.3 is 11.1 Å². The van der Waals surface area contributed by atoms with Crippen molar-refractivity contribution in [3.63, 3.8) is 0 Å². The molecule has 1 fully saturated rings. The Balaban J connectivity index is 2.23. The van der Waals surface area contributed by atoms with Crippen molar-refractivity contribution < 1.29 is 0 Å². The zero-order valence-electron chi connectivity index (χ0n) is 7.69. The molecule has 1 aliphatic carbocycles. The Hall–Kier alpha value is -0.0800. The van der Waals surface area contributed by atoms with E-state index in [-0.39, 0.29) is 5.54 Å². The normalized spacial score (nSPS) is 22.9. The molecule has 0 atom stereocenters. The maximum Gasteiger partial charge on any atom is 0.0280 e. The number of hydrogen-bond donors (Lipinski definition) is 2. The van der Waals surface area contributed by atoms with Crippen molar-refractivity contribution in [3.8, 4) is 0 Å². The largest absolute Gasteiger partial charge is 0.324 e. The Morgan fingerprint density at radius 2 is 1.91 bits per heavy atom. The summed E-state index contributed by atoms with van der Waals surface area (Å²) in [6.45, 7) is 5.32. The predicted molar refractivity (Wildman–Crippen MR) is 48.5 cm³/mol. The Labute approximate surface area is 69.5 Å². The Morgan fingerprint density at radius 1 is 1.36 bits per heavy atom. The van der Waals surface area contributed by atoms with E-state index in [4.69, 9.17) is 5.73 Å². The zero-order chi connectivity index (χ0) is 8.32. The van der Waals surface area contributed by atoms with E-state index in [0.717, 1.165) is 6.54 Å². The molecule has 11 heavy (non-hydrogen) atoms. The first-order valence-electron chi connectivity index (χ1n) is 4.65. The Morgan fingerprint density at radius 3 is 2.36 bits per heavy atom. The molecule has 0 radical (unpaired) electrons. The van der Waals surface area contributed by atoms with Crippen molar-refractivity contribution in [1.82, 2.24) is 5.32 Å². The predicted octanol–water partition coefficient (Wildman–Crippen LogP) is 1.26. The second kappa shape index (κ2) is 3.55. The molecular weight excluding hydrogens is 136 g/mol. The van der Waals surface area contributed by atoms with Crippen LogP contribution in [0.5, 0.6) is 0 Å². The molecule has 1 aliphatic rings. The summed E-state index contributed by atoms with van der Waals surface area (Å²) in [5, 5.41) is 3.40. The molecule has 2 heteroatoms. The van der Waals surface area contributed by atoms with Crippen LogP contribution < -0.4 is 11.1 Å². The summed E-state index contributed by atoms with van der Waals surface area (Å²) in [7, 11) is 0. The summed E-state index contributed by atoms with van der Waals surface area (Å²) in [6.07, 6.45) is 5.03. The van der Waals surface area contributed by atoms with Crippen molar-refractivity contribution in [3.05, 3.63) is 0 Å². The van der Waals surface area contributed by atoms with E-state index in [2.05, 4.69) is 19.2 Å². The lowest BCUT2D eigenvalue weighted by Gasteiger charge is -2.25. The molecule has 0 saturated heterocycles. The lowest BCUT2D eigenvalue weighted by molar-refractivity contribution is 0.388. The number of hydrogen-bond acceptors (Lipinski definition) is 2. The molecule has 1 rings (SSSR count). The highest BCUT2D eigenvalue weighted by atomic mass is 15.0. The van der Waals surface area contributed by atoms with Gasteiger partial charge in [0.25, 0.3) is 0 Å². The van der Waals surface area contributed by atoms with Crippen LogP contribution >= 0.6 is 0 Å². The highest BCUT2D eigenvalue weighted by Crippen LogP contribution is 2.26. The molecular formula is C9H20N2. The number of rotatable bonds is 3. The first kappa shape index (κ1) is 9.01. The molecule has 0 unspecified atom stereocenters. The molecule has 1 saturated carbocycles. The maximum absolute atomic E-state index is 6.14. The molecule has 0 heterocycles. The van der Waals surface area contributed by atoms with E-state index in [1.807, 2.05) is 0 Å². The minimum absolute atomic E-state index is 0.115. The van der Waals surface area contributed by atoms with Crippen molar-refractivity contribution in [2.75, 3.05) is 6.54 Å². The van der Waals surface area contributed by atoms with Crippen LogP contribution in [0.15, 0.2) is 0 Å². The average molecular weight is 156 g/mol. The van der Waals surface area contributed by atoms with E-state index in [0.29, 0.717) is 6.04 Å². The van der Waals surface area contributed by atoms with Crippen LogP contribution in [-0.4, -0.2) is 18.1 Å². The van der Waals surface area contributed by atoms with Crippen molar-refractivity contribution in [1.29, 1.82) is 0 Å². The zero-order valence-corrected chi connectivity index (χ0v) is 7.69. The first-order chi connectivity index (χ1) is 5.12. The van der Waals surface area contributed by atoms with Gasteiger partial charge in [0.15, 0.2) is 0 Å². The molecule has 0 bridgehead atoms. The summed E-state index contributed by atoms with van der Waals surface area (Å²) in [6, 6.07) is 0.566. The van der Waals surface area contributed by atoms with Crippen molar-refractivity contribution in [2.24, 2.45) is 5.73 Å². The van der Waals surface area contributed by atoms with Crippen LogP contribution in [0.3, 0.4) is 0 Å². The topological polar surface area (TPSA) is 38.0 Å². The highest BCUT2D eigenvalue weighted by molar-refractivity contribution is 4.91. The van der Waals surface area contributed by atoms with Gasteiger partial charge in [-0.1, -0.05) is 26.7 Å². The third kappa shape index (κ3) is 2.80. The van der Waals surface area contributed by atoms with Gasteiger partial charge in [0.2, 0.25) is 0 Å². The Bertz CT molecular complexity index is 115. The van der Waals surface area contributed by atoms with Crippen molar-refractivity contribution >= 4 is 0 Å². The van der Waals surface area contributed by atoms with Crippen LogP contribution in [0.2, 0.25) is 0 Å². The van der Waals surface area contributed by atoms with Gasteiger partial charge in [-0.25, -0.2) is 0 Å². The smallest absolute Gasteiger partial charge is 0.0280 e. The van der Waals surface area contributed by atoms with Gasteiger partial charge in [-0.05, 0) is 12.8 Å². The molecule has 0 spiro atoms. The van der Waals surface area contributed by atoms with E-state index < -0.39 is 0 Å². The summed E-state index contributed by atoms with van der Waals surface area (Å²) >= 11 is 0. The van der Waals surface area contributed by atoms with Gasteiger partial charge in [-0.2, -0.15) is 0 Å². The second-order valence-corrected chi connectivity index (χ2v) is 4.11. The fourth-order valence-corrected chi connectivity index (χ4v) is 1.66. The SMILES string of the molecule is CC(C)NCC1(N)CCCC1. The molecule has 0 aromatic heterocycles. The van der Waals surface area contributed by atoms with Crippen LogP contribution in [0.4, 0.5) is 0 Å². The van der Waals surface area contributed by atoms with Gasteiger partial charge in [0.05, 0.1) is 0 Å². The molecule has 0 aliphatic heterocycles. The number of nitrogens with one attached hydrogen (secondary N) is 1. The number of nitrogens with two attached hydrogens (primary N) is 1. The monoisotopic (exact) mass is 156 g/mol. The molecule has 0 aromatic carbocycles. The van der Waals surface area contributed by atoms with E-state index in [9.17, 15) is 0 Å². The summed E-state index contributed by atoms with van der Waals surface area (Å²) < 4.78 is 0. The van der Waals surface area contributed by atoms with Gasteiger partial charge in [0, 0.05) is 18.1 Å². The summed E-state index contributed by atoms with van der Waals surface area (Å²) in [5.74, 6) is 0. The quantitative estimate of drug-likeness (QED) is 0.645. The standard InChI is InChI=1S/C9H20N2/c1-8(2)11-7-9(10)5-3-4-6-9/h8,11H,3-7,10H2,1-2H3. The second-order valence-electron chi connectivity index (χ2n) is 4.11. The third-order valence-electron chi connectivity index (χ3n) is 2.46. The minimum Gasteiger partial charge on any atom is -0.324 e. The van der Waals surface area contributed by atoms with Gasteiger partial charge in [0.1, 0.15) is 0 Å². The van der Waals surface area contributed by atoms with E-state index >= 15 is 0 Å².